The van der Waals surface area contributed by atoms with E-state index in [0.29, 0.717) is 4.73 Å². The van der Waals surface area contributed by atoms with Crippen molar-refractivity contribution in [3.63, 3.8) is 0 Å². The van der Waals surface area contributed by atoms with Crippen LogP contribution in [0.2, 0.25) is 0 Å². The van der Waals surface area contributed by atoms with Crippen LogP contribution in [-0.2, 0) is 0 Å². The zero-order chi connectivity index (χ0) is 11.5. The van der Waals surface area contributed by atoms with E-state index >= 15 is 0 Å². The largest absolute Gasteiger partial charge is 0.497 e. The molecule has 0 aliphatic carbocycles. The zero-order valence-corrected chi connectivity index (χ0v) is 11.1. The molecular formula is C10H9BrN2O2S. The van der Waals surface area contributed by atoms with Crippen LogP contribution in [0.1, 0.15) is 0 Å². The highest BCUT2D eigenvalue weighted by atomic mass is 79.9. The molecule has 0 N–H and O–H groups in total. The van der Waals surface area contributed by atoms with Gasteiger partial charge in [0.15, 0.2) is 0 Å². The number of ether oxygens (including phenoxy) is 2. The molecule has 0 fully saturated rings. The summed E-state index contributed by atoms with van der Waals surface area (Å²) in [6, 6.07) is 5.62. The van der Waals surface area contributed by atoms with Crippen molar-refractivity contribution in [2.24, 2.45) is 0 Å². The summed E-state index contributed by atoms with van der Waals surface area (Å²) in [5.74, 6) is 1.47. The number of benzene rings is 1. The molecule has 0 spiro atoms. The molecule has 2 rings (SSSR count). The second-order valence-corrected chi connectivity index (χ2v) is 4.43. The van der Waals surface area contributed by atoms with E-state index in [1.165, 1.54) is 11.5 Å². The Balaban J connectivity index is 2.47. The van der Waals surface area contributed by atoms with Crippen LogP contribution in [0.5, 0.6) is 11.5 Å². The van der Waals surface area contributed by atoms with Gasteiger partial charge in [0.05, 0.1) is 14.2 Å². The van der Waals surface area contributed by atoms with Crippen LogP contribution in [0.25, 0.3) is 10.6 Å². The van der Waals surface area contributed by atoms with Gasteiger partial charge in [-0.15, -0.1) is 0 Å². The van der Waals surface area contributed by atoms with E-state index in [2.05, 4.69) is 25.3 Å². The lowest BCUT2D eigenvalue weighted by atomic mass is 10.2. The highest BCUT2D eigenvalue weighted by Gasteiger charge is 2.08. The lowest BCUT2D eigenvalue weighted by Crippen LogP contribution is -1.88. The van der Waals surface area contributed by atoms with Crippen LogP contribution >= 0.6 is 27.5 Å². The first-order valence-electron chi connectivity index (χ1n) is 4.45. The van der Waals surface area contributed by atoms with E-state index in [0.717, 1.165) is 22.1 Å². The maximum Gasteiger partial charge on any atom is 0.209 e. The monoisotopic (exact) mass is 300 g/mol. The Morgan fingerprint density at radius 2 is 1.75 bits per heavy atom. The van der Waals surface area contributed by atoms with Crippen LogP contribution in [0.3, 0.4) is 0 Å². The molecule has 1 heterocycles. The Morgan fingerprint density at radius 3 is 2.19 bits per heavy atom. The Hall–Kier alpha value is -1.14. The molecule has 1 aromatic carbocycles. The lowest BCUT2D eigenvalue weighted by Gasteiger charge is -2.06. The van der Waals surface area contributed by atoms with Crippen molar-refractivity contribution in [1.82, 2.24) is 9.36 Å². The van der Waals surface area contributed by atoms with Gasteiger partial charge in [-0.3, -0.25) is 0 Å². The summed E-state index contributed by atoms with van der Waals surface area (Å²) in [6.45, 7) is 0. The molecule has 2 aromatic rings. The summed E-state index contributed by atoms with van der Waals surface area (Å²) in [6.07, 6.45) is 0. The van der Waals surface area contributed by atoms with E-state index in [4.69, 9.17) is 9.47 Å². The number of hydrogen-bond donors (Lipinski definition) is 0. The van der Waals surface area contributed by atoms with Gasteiger partial charge in [0.1, 0.15) is 16.5 Å². The van der Waals surface area contributed by atoms with E-state index in [1.807, 2.05) is 18.2 Å². The smallest absolute Gasteiger partial charge is 0.209 e. The van der Waals surface area contributed by atoms with Gasteiger partial charge in [-0.2, -0.15) is 4.37 Å². The van der Waals surface area contributed by atoms with Crippen molar-refractivity contribution in [2.45, 2.75) is 0 Å². The van der Waals surface area contributed by atoms with E-state index in [1.54, 1.807) is 14.2 Å². The minimum absolute atomic E-state index is 0.592. The second-order valence-electron chi connectivity index (χ2n) is 2.97. The predicted molar refractivity (Wildman–Crippen MR) is 66.1 cm³/mol. The standard InChI is InChI=1S/C10H9BrN2O2S/c1-14-7-3-6(4-8(5-7)15-2)9-12-10(11)13-16-9/h3-5H,1-2H3. The highest BCUT2D eigenvalue weighted by Crippen LogP contribution is 2.31. The average Bonchev–Trinajstić information content (AvgIpc) is 2.75. The first-order valence-corrected chi connectivity index (χ1v) is 6.02. The van der Waals surface area contributed by atoms with Crippen LogP contribution < -0.4 is 9.47 Å². The van der Waals surface area contributed by atoms with Gasteiger partial charge >= 0.3 is 0 Å². The topological polar surface area (TPSA) is 44.2 Å². The van der Waals surface area contributed by atoms with Crippen LogP contribution in [-0.4, -0.2) is 23.6 Å². The first kappa shape index (κ1) is 11.3. The van der Waals surface area contributed by atoms with Crippen molar-refractivity contribution >= 4 is 27.5 Å². The van der Waals surface area contributed by atoms with Gasteiger partial charge in [0.25, 0.3) is 0 Å². The molecule has 84 valence electrons. The quantitative estimate of drug-likeness (QED) is 0.874. The van der Waals surface area contributed by atoms with Gasteiger partial charge in [0, 0.05) is 11.6 Å². The second kappa shape index (κ2) is 4.80. The van der Waals surface area contributed by atoms with Gasteiger partial charge < -0.3 is 9.47 Å². The number of halogens is 1. The average molecular weight is 301 g/mol. The summed E-state index contributed by atoms with van der Waals surface area (Å²) in [4.78, 5) is 4.24. The molecule has 6 heteroatoms. The van der Waals surface area contributed by atoms with Crippen LogP contribution in [0.15, 0.2) is 22.9 Å². The van der Waals surface area contributed by atoms with Crippen molar-refractivity contribution < 1.29 is 9.47 Å². The third-order valence-corrected chi connectivity index (χ3v) is 3.35. The van der Waals surface area contributed by atoms with Crippen molar-refractivity contribution in [2.75, 3.05) is 14.2 Å². The predicted octanol–water partition coefficient (Wildman–Crippen LogP) is 2.98. The minimum Gasteiger partial charge on any atom is -0.497 e. The van der Waals surface area contributed by atoms with Gasteiger partial charge in [0.2, 0.25) is 4.73 Å². The summed E-state index contributed by atoms with van der Waals surface area (Å²) >= 11 is 4.55. The summed E-state index contributed by atoms with van der Waals surface area (Å²) in [5.41, 5.74) is 0.930. The van der Waals surface area contributed by atoms with E-state index in [-0.39, 0.29) is 0 Å². The van der Waals surface area contributed by atoms with Gasteiger partial charge in [-0.1, -0.05) is 0 Å². The Bertz CT molecular complexity index is 479. The molecule has 0 saturated carbocycles. The first-order chi connectivity index (χ1) is 7.72. The fourth-order valence-electron chi connectivity index (χ4n) is 1.25. The van der Waals surface area contributed by atoms with E-state index in [9.17, 15) is 0 Å². The fraction of sp³-hybridized carbons (Fsp3) is 0.200. The van der Waals surface area contributed by atoms with Crippen LogP contribution in [0.4, 0.5) is 0 Å². The molecular weight excluding hydrogens is 292 g/mol. The maximum atomic E-state index is 5.19. The maximum absolute atomic E-state index is 5.19. The molecule has 0 aliphatic rings. The Morgan fingerprint density at radius 1 is 1.12 bits per heavy atom. The molecule has 1 aromatic heterocycles. The number of methoxy groups -OCH3 is 2. The van der Waals surface area contributed by atoms with Crippen molar-refractivity contribution in [3.05, 3.63) is 22.9 Å². The third-order valence-electron chi connectivity index (χ3n) is 2.00. The van der Waals surface area contributed by atoms with E-state index < -0.39 is 0 Å². The van der Waals surface area contributed by atoms with Gasteiger partial charge in [-0.05, 0) is 39.6 Å². The normalized spacial score (nSPS) is 10.2. The summed E-state index contributed by atoms with van der Waals surface area (Å²) in [7, 11) is 3.24. The van der Waals surface area contributed by atoms with Gasteiger partial charge in [-0.25, -0.2) is 4.98 Å². The molecule has 4 nitrogen and oxygen atoms in total. The Labute approximate surface area is 106 Å². The minimum atomic E-state index is 0.592. The number of nitrogens with zero attached hydrogens (tertiary/aromatic N) is 2. The number of rotatable bonds is 3. The molecule has 0 atom stereocenters. The molecule has 0 radical (unpaired) electrons. The molecule has 0 saturated heterocycles. The molecule has 0 amide bonds. The Kier molecular flexibility index (Phi) is 3.40. The molecule has 16 heavy (non-hydrogen) atoms. The lowest BCUT2D eigenvalue weighted by molar-refractivity contribution is 0.394. The SMILES string of the molecule is COc1cc(OC)cc(-c2nc(Br)ns2)c1. The number of hydrogen-bond acceptors (Lipinski definition) is 5. The molecule has 0 unspecified atom stereocenters. The summed E-state index contributed by atoms with van der Waals surface area (Å²) in [5, 5.41) is 0.823. The fourth-order valence-corrected chi connectivity index (χ4v) is 2.32. The highest BCUT2D eigenvalue weighted by molar-refractivity contribution is 9.10. The zero-order valence-electron chi connectivity index (χ0n) is 8.73. The summed E-state index contributed by atoms with van der Waals surface area (Å²) < 4.78 is 15.0. The number of aromatic nitrogens is 2. The van der Waals surface area contributed by atoms with Crippen molar-refractivity contribution in [3.8, 4) is 22.1 Å². The third kappa shape index (κ3) is 2.33. The molecule has 0 aliphatic heterocycles. The van der Waals surface area contributed by atoms with Crippen molar-refractivity contribution in [1.29, 1.82) is 0 Å². The van der Waals surface area contributed by atoms with Crippen LogP contribution in [0, 0.1) is 0 Å². The molecule has 0 bridgehead atoms.